The van der Waals surface area contributed by atoms with Crippen molar-refractivity contribution in [1.82, 2.24) is 4.98 Å². The van der Waals surface area contributed by atoms with Crippen molar-refractivity contribution in [3.05, 3.63) is 23.9 Å². The molecule has 2 rings (SSSR count). The topological polar surface area (TPSA) is 71.5 Å². The summed E-state index contributed by atoms with van der Waals surface area (Å²) >= 11 is 0. The molecule has 1 aromatic heterocycles. The van der Waals surface area contributed by atoms with Crippen LogP contribution in [0.3, 0.4) is 0 Å². The molecule has 1 atom stereocenters. The van der Waals surface area contributed by atoms with Crippen LogP contribution in [0.2, 0.25) is 0 Å². The minimum absolute atomic E-state index is 0.227. The Morgan fingerprint density at radius 3 is 3.19 bits per heavy atom. The van der Waals surface area contributed by atoms with Crippen molar-refractivity contribution in [3.8, 4) is 0 Å². The average Bonchev–Trinajstić information content (AvgIpc) is 2.30. The maximum atomic E-state index is 10.8. The largest absolute Gasteiger partial charge is 0.478 e. The van der Waals surface area contributed by atoms with Gasteiger partial charge in [-0.05, 0) is 25.0 Å². The molecular weight excluding hydrogens is 208 g/mol. The molecule has 0 amide bonds. The Bertz CT molecular complexity index is 375. The summed E-state index contributed by atoms with van der Waals surface area (Å²) in [6.07, 6.45) is 3.55. The fraction of sp³-hybridized carbons (Fsp3) is 0.455. The second-order valence-corrected chi connectivity index (χ2v) is 3.79. The lowest BCUT2D eigenvalue weighted by Gasteiger charge is -2.23. The predicted octanol–water partition coefficient (Wildman–Crippen LogP) is 1.37. The molecule has 5 heteroatoms. The van der Waals surface area contributed by atoms with Crippen LogP contribution in [-0.4, -0.2) is 35.3 Å². The van der Waals surface area contributed by atoms with Gasteiger partial charge >= 0.3 is 5.97 Å². The first-order valence-electron chi connectivity index (χ1n) is 5.29. The van der Waals surface area contributed by atoms with Gasteiger partial charge in [0.15, 0.2) is 0 Å². The Morgan fingerprint density at radius 1 is 1.62 bits per heavy atom. The molecule has 5 nitrogen and oxygen atoms in total. The van der Waals surface area contributed by atoms with Gasteiger partial charge in [0.25, 0.3) is 0 Å². The number of hydrogen-bond acceptors (Lipinski definition) is 4. The van der Waals surface area contributed by atoms with E-state index in [-0.39, 0.29) is 11.6 Å². The van der Waals surface area contributed by atoms with Gasteiger partial charge in [0.2, 0.25) is 0 Å². The van der Waals surface area contributed by atoms with Crippen LogP contribution in [0.4, 0.5) is 5.82 Å². The van der Waals surface area contributed by atoms with Crippen LogP contribution < -0.4 is 5.32 Å². The van der Waals surface area contributed by atoms with E-state index >= 15 is 0 Å². The van der Waals surface area contributed by atoms with E-state index in [2.05, 4.69) is 10.3 Å². The molecule has 86 valence electrons. The number of anilines is 1. The highest BCUT2D eigenvalue weighted by Gasteiger charge is 2.14. The number of nitrogens with zero attached hydrogens (tertiary/aromatic N) is 1. The third-order valence-corrected chi connectivity index (χ3v) is 2.52. The van der Waals surface area contributed by atoms with Crippen molar-refractivity contribution in [2.45, 2.75) is 18.9 Å². The monoisotopic (exact) mass is 222 g/mol. The molecule has 0 spiro atoms. The van der Waals surface area contributed by atoms with Gasteiger partial charge in [0, 0.05) is 12.8 Å². The number of carboxylic acid groups (broad SMARTS) is 1. The molecular formula is C11H14N2O3. The van der Waals surface area contributed by atoms with E-state index in [1.807, 2.05) is 0 Å². The third kappa shape index (κ3) is 2.70. The molecule has 1 fully saturated rings. The van der Waals surface area contributed by atoms with E-state index in [9.17, 15) is 4.79 Å². The fourth-order valence-electron chi connectivity index (χ4n) is 1.71. The Morgan fingerprint density at radius 2 is 2.50 bits per heavy atom. The Hall–Kier alpha value is -1.62. The van der Waals surface area contributed by atoms with Crippen LogP contribution in [0.25, 0.3) is 0 Å². The highest BCUT2D eigenvalue weighted by atomic mass is 16.5. The van der Waals surface area contributed by atoms with Gasteiger partial charge in [-0.2, -0.15) is 0 Å². The molecule has 1 saturated heterocycles. The zero-order chi connectivity index (χ0) is 11.4. The van der Waals surface area contributed by atoms with Crippen LogP contribution in [-0.2, 0) is 4.74 Å². The van der Waals surface area contributed by atoms with Crippen molar-refractivity contribution in [1.29, 1.82) is 0 Å². The summed E-state index contributed by atoms with van der Waals surface area (Å²) in [6.45, 7) is 1.46. The van der Waals surface area contributed by atoms with E-state index in [1.54, 1.807) is 0 Å². The number of ether oxygens (including phenoxy) is 1. The number of pyridine rings is 1. The van der Waals surface area contributed by atoms with Crippen molar-refractivity contribution in [3.63, 3.8) is 0 Å². The first kappa shape index (κ1) is 10.9. The van der Waals surface area contributed by atoms with Crippen LogP contribution in [0.15, 0.2) is 18.3 Å². The number of carbonyl (C=O) groups is 1. The van der Waals surface area contributed by atoms with Gasteiger partial charge < -0.3 is 15.2 Å². The first-order valence-corrected chi connectivity index (χ1v) is 5.29. The van der Waals surface area contributed by atoms with Crippen LogP contribution in [0.5, 0.6) is 0 Å². The standard InChI is InChI=1S/C11H14N2O3/c14-11(15)8-3-4-12-10(6-8)13-9-2-1-5-16-7-9/h3-4,6,9H,1-2,5,7H2,(H,12,13)(H,14,15). The molecule has 0 saturated carbocycles. The van der Waals surface area contributed by atoms with Gasteiger partial charge in [-0.3, -0.25) is 0 Å². The minimum Gasteiger partial charge on any atom is -0.478 e. The summed E-state index contributed by atoms with van der Waals surface area (Å²) in [5.41, 5.74) is 0.245. The second-order valence-electron chi connectivity index (χ2n) is 3.79. The van der Waals surface area contributed by atoms with E-state index in [0.717, 1.165) is 19.4 Å². The summed E-state index contributed by atoms with van der Waals surface area (Å²) in [5.74, 6) is -0.347. The number of aromatic nitrogens is 1. The number of hydrogen-bond donors (Lipinski definition) is 2. The van der Waals surface area contributed by atoms with Crippen molar-refractivity contribution in [2.24, 2.45) is 0 Å². The predicted molar refractivity (Wildman–Crippen MR) is 58.7 cm³/mol. The van der Waals surface area contributed by atoms with Gasteiger partial charge in [-0.1, -0.05) is 0 Å². The quantitative estimate of drug-likeness (QED) is 0.808. The van der Waals surface area contributed by atoms with Crippen molar-refractivity contribution >= 4 is 11.8 Å². The Kier molecular flexibility index (Phi) is 3.36. The number of nitrogens with one attached hydrogen (secondary N) is 1. The molecule has 2 N–H and O–H groups in total. The molecule has 16 heavy (non-hydrogen) atoms. The van der Waals surface area contributed by atoms with E-state index in [1.165, 1.54) is 18.3 Å². The smallest absolute Gasteiger partial charge is 0.335 e. The fourth-order valence-corrected chi connectivity index (χ4v) is 1.71. The lowest BCUT2D eigenvalue weighted by molar-refractivity contribution is 0.0697. The lowest BCUT2D eigenvalue weighted by Crippen LogP contribution is -2.30. The normalized spacial score (nSPS) is 20.4. The van der Waals surface area contributed by atoms with Crippen LogP contribution >= 0.6 is 0 Å². The maximum absolute atomic E-state index is 10.8. The van der Waals surface area contributed by atoms with E-state index in [0.29, 0.717) is 12.4 Å². The zero-order valence-corrected chi connectivity index (χ0v) is 8.85. The molecule has 1 aliphatic rings. The Balaban J connectivity index is 2.02. The highest BCUT2D eigenvalue weighted by molar-refractivity contribution is 5.88. The van der Waals surface area contributed by atoms with E-state index in [4.69, 9.17) is 9.84 Å². The van der Waals surface area contributed by atoms with Crippen molar-refractivity contribution in [2.75, 3.05) is 18.5 Å². The van der Waals surface area contributed by atoms with E-state index < -0.39 is 5.97 Å². The molecule has 0 radical (unpaired) electrons. The summed E-state index contributed by atoms with van der Waals surface area (Å²) < 4.78 is 5.33. The highest BCUT2D eigenvalue weighted by Crippen LogP contribution is 2.13. The maximum Gasteiger partial charge on any atom is 0.335 e. The molecule has 1 unspecified atom stereocenters. The Labute approximate surface area is 93.5 Å². The number of rotatable bonds is 3. The lowest BCUT2D eigenvalue weighted by atomic mass is 10.1. The minimum atomic E-state index is -0.939. The average molecular weight is 222 g/mol. The summed E-state index contributed by atoms with van der Waals surface area (Å²) in [5, 5.41) is 12.0. The summed E-state index contributed by atoms with van der Waals surface area (Å²) in [6, 6.07) is 3.24. The molecule has 0 bridgehead atoms. The molecule has 0 aromatic carbocycles. The number of aromatic carboxylic acids is 1. The first-order chi connectivity index (χ1) is 7.75. The number of carboxylic acids is 1. The molecule has 1 aliphatic heterocycles. The van der Waals surface area contributed by atoms with Gasteiger partial charge in [-0.25, -0.2) is 9.78 Å². The van der Waals surface area contributed by atoms with Gasteiger partial charge in [-0.15, -0.1) is 0 Å². The molecule has 1 aromatic rings. The molecule has 0 aliphatic carbocycles. The zero-order valence-electron chi connectivity index (χ0n) is 8.85. The SMILES string of the molecule is O=C(O)c1ccnc(NC2CCCOC2)c1. The van der Waals surface area contributed by atoms with Crippen molar-refractivity contribution < 1.29 is 14.6 Å². The van der Waals surface area contributed by atoms with Gasteiger partial charge in [0.1, 0.15) is 5.82 Å². The van der Waals surface area contributed by atoms with Crippen LogP contribution in [0, 0.1) is 0 Å². The summed E-state index contributed by atoms with van der Waals surface area (Å²) in [4.78, 5) is 14.9. The molecule has 2 heterocycles. The van der Waals surface area contributed by atoms with Gasteiger partial charge in [0.05, 0.1) is 18.2 Å². The second kappa shape index (κ2) is 4.94. The third-order valence-electron chi connectivity index (χ3n) is 2.52. The summed E-state index contributed by atoms with van der Waals surface area (Å²) in [7, 11) is 0. The van der Waals surface area contributed by atoms with Crippen LogP contribution in [0.1, 0.15) is 23.2 Å².